The molecule has 1 unspecified atom stereocenters. The molecular formula is C12H12BrClN2O. The van der Waals surface area contributed by atoms with Gasteiger partial charge in [0.25, 0.3) is 0 Å². The van der Waals surface area contributed by atoms with E-state index in [9.17, 15) is 0 Å². The maximum absolute atomic E-state index is 5.98. The Morgan fingerprint density at radius 3 is 3.00 bits per heavy atom. The predicted octanol–water partition coefficient (Wildman–Crippen LogP) is 4.18. The zero-order valence-corrected chi connectivity index (χ0v) is 11.9. The number of methoxy groups -OCH3 is 1. The van der Waals surface area contributed by atoms with E-state index in [2.05, 4.69) is 32.8 Å². The Balaban J connectivity index is 2.58. The van der Waals surface area contributed by atoms with Crippen LogP contribution in [0.2, 0.25) is 0 Å². The second-order valence-electron chi connectivity index (χ2n) is 3.86. The van der Waals surface area contributed by atoms with E-state index in [1.165, 1.54) is 0 Å². The van der Waals surface area contributed by atoms with E-state index in [4.69, 9.17) is 16.3 Å². The molecule has 0 saturated carbocycles. The smallest absolute Gasteiger partial charge is 0.228 e. The first-order valence-corrected chi connectivity index (χ1v) is 6.42. The van der Waals surface area contributed by atoms with Crippen LogP contribution in [0.1, 0.15) is 24.8 Å². The Morgan fingerprint density at radius 2 is 2.29 bits per heavy atom. The van der Waals surface area contributed by atoms with Gasteiger partial charge in [-0.15, -0.1) is 0 Å². The van der Waals surface area contributed by atoms with Gasteiger partial charge in [0.05, 0.1) is 28.5 Å². The summed E-state index contributed by atoms with van der Waals surface area (Å²) in [6.45, 7) is 2.13. The van der Waals surface area contributed by atoms with Crippen molar-refractivity contribution in [2.75, 3.05) is 7.11 Å². The molecule has 2 heterocycles. The number of aromatic nitrogens is 1. The molecule has 0 aromatic carbocycles. The molecule has 0 aliphatic carbocycles. The van der Waals surface area contributed by atoms with E-state index in [1.807, 2.05) is 6.08 Å². The van der Waals surface area contributed by atoms with Crippen molar-refractivity contribution in [2.24, 2.45) is 4.99 Å². The molecule has 1 aromatic heterocycles. The molecule has 1 aliphatic rings. The third kappa shape index (κ3) is 2.53. The SMILES string of the molecule is COc1ncc2c(c1Br)C(C)C/C=C(Cl)/C=N\2. The number of hydrogen-bond donors (Lipinski definition) is 0. The Morgan fingerprint density at radius 1 is 1.53 bits per heavy atom. The van der Waals surface area contributed by atoms with Crippen molar-refractivity contribution >= 4 is 39.4 Å². The number of aliphatic imine (C=N–C) groups is 1. The lowest BCUT2D eigenvalue weighted by atomic mass is 9.96. The summed E-state index contributed by atoms with van der Waals surface area (Å²) in [7, 11) is 1.60. The largest absolute Gasteiger partial charge is 0.480 e. The monoisotopic (exact) mass is 314 g/mol. The van der Waals surface area contributed by atoms with E-state index in [1.54, 1.807) is 19.5 Å². The van der Waals surface area contributed by atoms with Crippen LogP contribution < -0.4 is 4.74 Å². The molecule has 1 aliphatic heterocycles. The summed E-state index contributed by atoms with van der Waals surface area (Å²) in [5.74, 6) is 0.893. The number of pyridine rings is 1. The third-order valence-electron chi connectivity index (χ3n) is 2.68. The maximum atomic E-state index is 5.98. The number of rotatable bonds is 1. The minimum atomic E-state index is 0.308. The third-order valence-corrected chi connectivity index (χ3v) is 3.70. The van der Waals surface area contributed by atoms with Crippen molar-refractivity contribution in [1.29, 1.82) is 0 Å². The van der Waals surface area contributed by atoms with Gasteiger partial charge in [0, 0.05) is 11.8 Å². The Labute approximate surface area is 114 Å². The van der Waals surface area contributed by atoms with Crippen molar-refractivity contribution in [1.82, 2.24) is 4.98 Å². The van der Waals surface area contributed by atoms with Gasteiger partial charge in [-0.25, -0.2) is 4.98 Å². The maximum Gasteiger partial charge on any atom is 0.228 e. The second-order valence-corrected chi connectivity index (χ2v) is 5.09. The molecule has 0 N–H and O–H groups in total. The van der Waals surface area contributed by atoms with E-state index in [0.29, 0.717) is 16.8 Å². The van der Waals surface area contributed by atoms with E-state index in [-0.39, 0.29) is 0 Å². The minimum absolute atomic E-state index is 0.308. The fraction of sp³-hybridized carbons (Fsp3) is 0.333. The molecule has 0 saturated heterocycles. The topological polar surface area (TPSA) is 34.5 Å². The van der Waals surface area contributed by atoms with Gasteiger partial charge in [0.15, 0.2) is 0 Å². The van der Waals surface area contributed by atoms with Crippen molar-refractivity contribution in [3.8, 4) is 5.88 Å². The summed E-state index contributed by atoms with van der Waals surface area (Å²) in [6.07, 6.45) is 6.19. The number of ether oxygens (including phenoxy) is 1. The molecule has 0 spiro atoms. The molecule has 90 valence electrons. The van der Waals surface area contributed by atoms with Gasteiger partial charge in [-0.3, -0.25) is 4.99 Å². The molecule has 0 bridgehead atoms. The first-order valence-electron chi connectivity index (χ1n) is 5.25. The molecule has 0 fully saturated rings. The highest BCUT2D eigenvalue weighted by molar-refractivity contribution is 9.10. The van der Waals surface area contributed by atoms with Crippen LogP contribution in [0.25, 0.3) is 0 Å². The highest BCUT2D eigenvalue weighted by Gasteiger charge is 2.19. The van der Waals surface area contributed by atoms with Gasteiger partial charge in [-0.2, -0.15) is 0 Å². The summed E-state index contributed by atoms with van der Waals surface area (Å²) in [6, 6.07) is 0. The number of fused-ring (bicyclic) bond motifs is 1. The normalized spacial score (nSPS) is 24.0. The van der Waals surface area contributed by atoms with Crippen molar-refractivity contribution in [3.05, 3.63) is 27.3 Å². The lowest BCUT2D eigenvalue weighted by Gasteiger charge is -2.17. The molecule has 5 heteroatoms. The lowest BCUT2D eigenvalue weighted by molar-refractivity contribution is 0.394. The second kappa shape index (κ2) is 5.19. The molecule has 3 nitrogen and oxygen atoms in total. The zero-order valence-electron chi connectivity index (χ0n) is 9.58. The molecule has 2 rings (SSSR count). The molecule has 1 aromatic rings. The highest BCUT2D eigenvalue weighted by Crippen LogP contribution is 2.40. The number of hydrogen-bond acceptors (Lipinski definition) is 3. The molecular weight excluding hydrogens is 304 g/mol. The van der Waals surface area contributed by atoms with Crippen molar-refractivity contribution in [2.45, 2.75) is 19.3 Å². The Kier molecular flexibility index (Phi) is 3.84. The van der Waals surface area contributed by atoms with Crippen LogP contribution >= 0.6 is 27.5 Å². The standard InChI is InChI=1S/C12H12BrClN2O/c1-7-3-4-8(14)5-15-9-6-16-12(17-2)11(13)10(7)9/h4-7H,3H2,1-2H3/b8-4-,15-5-. The van der Waals surface area contributed by atoms with Crippen LogP contribution in [0.15, 0.2) is 26.8 Å². The minimum Gasteiger partial charge on any atom is -0.480 e. The van der Waals surface area contributed by atoms with E-state index < -0.39 is 0 Å². The molecule has 17 heavy (non-hydrogen) atoms. The first kappa shape index (κ1) is 12.6. The summed E-state index contributed by atoms with van der Waals surface area (Å²) in [5, 5.41) is 0.662. The Hall–Kier alpha value is -0.870. The number of halogens is 2. The average Bonchev–Trinajstić information content (AvgIpc) is 2.31. The fourth-order valence-corrected chi connectivity index (χ4v) is 2.77. The zero-order chi connectivity index (χ0) is 12.4. The Bertz CT molecular complexity index is 500. The quantitative estimate of drug-likeness (QED) is 0.779. The predicted molar refractivity (Wildman–Crippen MR) is 73.6 cm³/mol. The lowest BCUT2D eigenvalue weighted by Crippen LogP contribution is -2.00. The molecule has 1 atom stereocenters. The average molecular weight is 316 g/mol. The van der Waals surface area contributed by atoms with Crippen LogP contribution in [0.5, 0.6) is 5.88 Å². The van der Waals surface area contributed by atoms with Gasteiger partial charge in [-0.1, -0.05) is 24.6 Å². The van der Waals surface area contributed by atoms with E-state index in [0.717, 1.165) is 22.1 Å². The van der Waals surface area contributed by atoms with E-state index >= 15 is 0 Å². The molecule has 0 amide bonds. The van der Waals surface area contributed by atoms with Crippen molar-refractivity contribution < 1.29 is 4.74 Å². The fourth-order valence-electron chi connectivity index (χ4n) is 1.78. The summed E-state index contributed by atoms with van der Waals surface area (Å²) in [4.78, 5) is 8.54. The summed E-state index contributed by atoms with van der Waals surface area (Å²) >= 11 is 9.51. The van der Waals surface area contributed by atoms with Gasteiger partial charge in [0.1, 0.15) is 0 Å². The molecule has 0 radical (unpaired) electrons. The highest BCUT2D eigenvalue weighted by atomic mass is 79.9. The summed E-state index contributed by atoms with van der Waals surface area (Å²) < 4.78 is 6.07. The van der Waals surface area contributed by atoms with Crippen LogP contribution in [0, 0.1) is 0 Å². The number of allylic oxidation sites excluding steroid dienone is 2. The number of nitrogens with zero attached hydrogens (tertiary/aromatic N) is 2. The van der Waals surface area contributed by atoms with Gasteiger partial charge in [-0.05, 0) is 28.3 Å². The van der Waals surface area contributed by atoms with Crippen LogP contribution in [-0.4, -0.2) is 18.3 Å². The van der Waals surface area contributed by atoms with Gasteiger partial charge in [0.2, 0.25) is 5.88 Å². The van der Waals surface area contributed by atoms with Gasteiger partial charge >= 0.3 is 0 Å². The van der Waals surface area contributed by atoms with Crippen LogP contribution in [-0.2, 0) is 0 Å². The van der Waals surface area contributed by atoms with Crippen LogP contribution in [0.3, 0.4) is 0 Å². The van der Waals surface area contributed by atoms with Gasteiger partial charge < -0.3 is 4.74 Å². The van der Waals surface area contributed by atoms with Crippen LogP contribution in [0.4, 0.5) is 5.69 Å². The summed E-state index contributed by atoms with van der Waals surface area (Å²) in [5.41, 5.74) is 1.94. The van der Waals surface area contributed by atoms with Crippen molar-refractivity contribution in [3.63, 3.8) is 0 Å². The first-order chi connectivity index (χ1) is 8.13.